The molecule has 0 unspecified atom stereocenters. The Bertz CT molecular complexity index is 1860. The van der Waals surface area contributed by atoms with E-state index in [0.717, 1.165) is 5.52 Å². The van der Waals surface area contributed by atoms with Crippen LogP contribution in [0.5, 0.6) is 0 Å². The fourth-order valence-electron chi connectivity index (χ4n) is 5.86. The zero-order chi connectivity index (χ0) is 21.8. The van der Waals surface area contributed by atoms with Gasteiger partial charge in [0.1, 0.15) is 0 Å². The molecule has 0 radical (unpaired) electrons. The molecule has 0 atom stereocenters. The highest BCUT2D eigenvalue weighted by atomic mass is 14.9. The van der Waals surface area contributed by atoms with E-state index in [1.807, 2.05) is 6.20 Å². The molecule has 0 aliphatic heterocycles. The molecule has 7 rings (SSSR count). The average molecular weight is 413 g/mol. The van der Waals surface area contributed by atoms with Crippen LogP contribution in [0.2, 0.25) is 0 Å². The molecule has 0 amide bonds. The molecule has 0 bridgehead atoms. The van der Waals surface area contributed by atoms with Crippen LogP contribution in [0, 0.1) is 6.92 Å². The topological polar surface area (TPSA) is 17.3 Å². The largest absolute Gasteiger partial charge is 0.308 e. The van der Waals surface area contributed by atoms with Crippen LogP contribution in [-0.4, -0.2) is 9.38 Å². The normalized spacial score (nSPS) is 13.0. The molecule has 154 valence electrons. The van der Waals surface area contributed by atoms with E-state index in [2.05, 4.69) is 98.8 Å². The summed E-state index contributed by atoms with van der Waals surface area (Å²) in [7, 11) is 0. The van der Waals surface area contributed by atoms with E-state index in [9.17, 15) is 0 Å². The van der Waals surface area contributed by atoms with E-state index in [-0.39, 0.29) is 5.41 Å². The first-order valence-corrected chi connectivity index (χ1v) is 11.3. The molecular formula is C30H24N2. The summed E-state index contributed by atoms with van der Waals surface area (Å²) in [5.74, 6) is 0. The number of hydrogen-bond donors (Lipinski definition) is 0. The lowest BCUT2D eigenvalue weighted by atomic mass is 9.84. The fraction of sp³-hybridized carbons (Fsp3) is 0.167. The zero-order valence-corrected chi connectivity index (χ0v) is 18.8. The van der Waals surface area contributed by atoms with Crippen LogP contribution in [0.3, 0.4) is 0 Å². The van der Waals surface area contributed by atoms with Crippen LogP contribution in [0.4, 0.5) is 0 Å². The highest BCUT2D eigenvalue weighted by Gasteiger charge is 2.25. The van der Waals surface area contributed by atoms with Crippen molar-refractivity contribution >= 4 is 59.8 Å². The van der Waals surface area contributed by atoms with Crippen LogP contribution in [-0.2, 0) is 5.41 Å². The summed E-state index contributed by atoms with van der Waals surface area (Å²) >= 11 is 0. The number of nitrogens with zero attached hydrogens (tertiary/aromatic N) is 2. The SMILES string of the molecule is Cc1c2ccccc2cc2c3nccc4ccc5c6c(C(C)(C)C)cccc6n(c12)c5c43. The van der Waals surface area contributed by atoms with Crippen LogP contribution >= 0.6 is 0 Å². The molecule has 0 aliphatic carbocycles. The van der Waals surface area contributed by atoms with Crippen LogP contribution in [0.1, 0.15) is 31.9 Å². The lowest BCUT2D eigenvalue weighted by molar-refractivity contribution is 0.596. The van der Waals surface area contributed by atoms with Crippen LogP contribution in [0.15, 0.2) is 72.9 Å². The highest BCUT2D eigenvalue weighted by molar-refractivity contribution is 6.29. The third-order valence-electron chi connectivity index (χ3n) is 7.24. The van der Waals surface area contributed by atoms with Gasteiger partial charge in [0.05, 0.1) is 22.1 Å². The first-order chi connectivity index (χ1) is 15.4. The third kappa shape index (κ3) is 2.07. The van der Waals surface area contributed by atoms with Gasteiger partial charge < -0.3 is 4.40 Å². The Balaban J connectivity index is 1.92. The van der Waals surface area contributed by atoms with Gasteiger partial charge in [0, 0.05) is 27.7 Å². The zero-order valence-electron chi connectivity index (χ0n) is 18.8. The molecule has 0 saturated carbocycles. The Morgan fingerprint density at radius 2 is 1.56 bits per heavy atom. The van der Waals surface area contributed by atoms with E-state index in [1.165, 1.54) is 65.4 Å². The smallest absolute Gasteiger partial charge is 0.0823 e. The summed E-state index contributed by atoms with van der Waals surface area (Å²) in [6.45, 7) is 9.20. The second-order valence-electron chi connectivity index (χ2n) is 10.1. The van der Waals surface area contributed by atoms with E-state index in [0.29, 0.717) is 0 Å². The van der Waals surface area contributed by atoms with Crippen molar-refractivity contribution in [2.24, 2.45) is 0 Å². The predicted octanol–water partition coefficient (Wildman–Crippen LogP) is 8.14. The number of rotatable bonds is 0. The number of benzene rings is 4. The maximum atomic E-state index is 4.94. The summed E-state index contributed by atoms with van der Waals surface area (Å²) < 4.78 is 2.52. The maximum absolute atomic E-state index is 4.94. The molecule has 7 aromatic rings. The third-order valence-corrected chi connectivity index (χ3v) is 7.24. The van der Waals surface area contributed by atoms with Crippen molar-refractivity contribution in [2.45, 2.75) is 33.1 Å². The van der Waals surface area contributed by atoms with Crippen molar-refractivity contribution in [3.8, 4) is 0 Å². The molecule has 4 aromatic carbocycles. The molecule has 3 aromatic heterocycles. The molecule has 3 heterocycles. The van der Waals surface area contributed by atoms with Gasteiger partial charge in [-0.05, 0) is 57.8 Å². The molecule has 0 N–H and O–H groups in total. The first-order valence-electron chi connectivity index (χ1n) is 11.3. The molecular weight excluding hydrogens is 388 g/mol. The average Bonchev–Trinajstić information content (AvgIpc) is 3.13. The summed E-state index contributed by atoms with van der Waals surface area (Å²) in [5.41, 5.74) is 7.72. The Kier molecular flexibility index (Phi) is 3.24. The molecule has 2 nitrogen and oxygen atoms in total. The van der Waals surface area contributed by atoms with E-state index in [4.69, 9.17) is 4.98 Å². The van der Waals surface area contributed by atoms with Crippen molar-refractivity contribution in [3.05, 3.63) is 84.1 Å². The molecule has 0 aliphatic rings. The number of pyridine rings is 2. The summed E-state index contributed by atoms with van der Waals surface area (Å²) in [6.07, 6.45) is 1.96. The van der Waals surface area contributed by atoms with Gasteiger partial charge in [-0.1, -0.05) is 69.3 Å². The van der Waals surface area contributed by atoms with Crippen LogP contribution < -0.4 is 0 Å². The van der Waals surface area contributed by atoms with E-state index < -0.39 is 0 Å². The molecule has 32 heavy (non-hydrogen) atoms. The Morgan fingerprint density at radius 1 is 0.719 bits per heavy atom. The van der Waals surface area contributed by atoms with Crippen molar-refractivity contribution in [2.75, 3.05) is 0 Å². The minimum Gasteiger partial charge on any atom is -0.308 e. The van der Waals surface area contributed by atoms with E-state index in [1.54, 1.807) is 0 Å². The molecule has 2 heteroatoms. The van der Waals surface area contributed by atoms with Gasteiger partial charge in [-0.2, -0.15) is 0 Å². The van der Waals surface area contributed by atoms with Crippen molar-refractivity contribution < 1.29 is 0 Å². The van der Waals surface area contributed by atoms with Gasteiger partial charge >= 0.3 is 0 Å². The number of hydrogen-bond acceptors (Lipinski definition) is 1. The molecule has 0 spiro atoms. The summed E-state index contributed by atoms with van der Waals surface area (Å²) in [4.78, 5) is 4.94. The quantitative estimate of drug-likeness (QED) is 0.181. The van der Waals surface area contributed by atoms with Crippen molar-refractivity contribution in [3.63, 3.8) is 0 Å². The highest BCUT2D eigenvalue weighted by Crippen LogP contribution is 2.44. The van der Waals surface area contributed by atoms with Gasteiger partial charge in [0.25, 0.3) is 0 Å². The van der Waals surface area contributed by atoms with Crippen molar-refractivity contribution in [1.29, 1.82) is 0 Å². The molecule has 0 saturated heterocycles. The number of aromatic nitrogens is 2. The second kappa shape index (κ2) is 5.77. The predicted molar refractivity (Wildman–Crippen MR) is 137 cm³/mol. The standard InChI is InChI=1S/C30H24N2/c1-17-20-9-6-5-8-19(20)16-22-27-25-18(14-15-31-27)12-13-21-26-23(30(2,3)4)10-7-11-24(26)32(28(17)22)29(21)25/h5-16H,1-4H3. The Morgan fingerprint density at radius 3 is 2.41 bits per heavy atom. The summed E-state index contributed by atoms with van der Waals surface area (Å²) in [5, 5.41) is 9.01. The number of aryl methyl sites for hydroxylation is 1. The fourth-order valence-corrected chi connectivity index (χ4v) is 5.86. The Labute approximate surface area is 186 Å². The monoisotopic (exact) mass is 412 g/mol. The van der Waals surface area contributed by atoms with Crippen LogP contribution in [0.25, 0.3) is 59.8 Å². The lowest BCUT2D eigenvalue weighted by Gasteiger charge is -2.20. The minimum absolute atomic E-state index is 0.0562. The number of fused-ring (bicyclic) bond motifs is 7. The second-order valence-corrected chi connectivity index (χ2v) is 10.1. The van der Waals surface area contributed by atoms with Gasteiger partial charge in [-0.25, -0.2) is 0 Å². The van der Waals surface area contributed by atoms with Gasteiger partial charge in [0.15, 0.2) is 0 Å². The van der Waals surface area contributed by atoms with Gasteiger partial charge in [-0.3, -0.25) is 4.98 Å². The molecule has 0 fully saturated rings. The first kappa shape index (κ1) is 18.0. The lowest BCUT2D eigenvalue weighted by Crippen LogP contribution is -2.11. The Hall–Kier alpha value is -3.65. The van der Waals surface area contributed by atoms with Crippen molar-refractivity contribution in [1.82, 2.24) is 9.38 Å². The van der Waals surface area contributed by atoms with Gasteiger partial charge in [0.2, 0.25) is 0 Å². The van der Waals surface area contributed by atoms with Gasteiger partial charge in [-0.15, -0.1) is 0 Å². The van der Waals surface area contributed by atoms with E-state index >= 15 is 0 Å². The minimum atomic E-state index is 0.0562. The summed E-state index contributed by atoms with van der Waals surface area (Å²) in [6, 6.07) is 24.6. The maximum Gasteiger partial charge on any atom is 0.0823 e.